The molecule has 2 aromatic carbocycles. The van der Waals surface area contributed by atoms with Crippen LogP contribution in [0.3, 0.4) is 0 Å². The number of alkyl halides is 3. The highest BCUT2D eigenvalue weighted by Gasteiger charge is 2.36. The van der Waals surface area contributed by atoms with Crippen molar-refractivity contribution in [2.24, 2.45) is 0 Å². The number of hydrogen-bond acceptors (Lipinski definition) is 3. The molecule has 0 spiro atoms. The van der Waals surface area contributed by atoms with Gasteiger partial charge in [-0.3, -0.25) is 14.4 Å². The van der Waals surface area contributed by atoms with E-state index in [-0.39, 0.29) is 43.6 Å². The standard InChI is InChI=1S/C24H24F3N3O3/c25-24(26,27)20-5-2-1-4-19(20)23(33)29-14-12-28(13-15-29)22(32)18-9-7-17(8-10-18)16-30-11-3-6-21(30)31/h1-2,4-5,7-10H,3,6,11-16H2. The van der Waals surface area contributed by atoms with Crippen molar-refractivity contribution in [3.05, 3.63) is 70.8 Å². The van der Waals surface area contributed by atoms with Crippen LogP contribution in [-0.2, 0) is 17.5 Å². The lowest BCUT2D eigenvalue weighted by Crippen LogP contribution is -2.50. The van der Waals surface area contributed by atoms with Crippen LogP contribution < -0.4 is 0 Å². The monoisotopic (exact) mass is 459 g/mol. The minimum Gasteiger partial charge on any atom is -0.338 e. The summed E-state index contributed by atoms with van der Waals surface area (Å²) in [5.74, 6) is -0.738. The highest BCUT2D eigenvalue weighted by atomic mass is 19.4. The maximum Gasteiger partial charge on any atom is 0.417 e. The summed E-state index contributed by atoms with van der Waals surface area (Å²) in [6.07, 6.45) is -3.17. The Balaban J connectivity index is 1.36. The van der Waals surface area contributed by atoms with E-state index in [1.807, 2.05) is 12.1 Å². The molecule has 0 bridgehead atoms. The van der Waals surface area contributed by atoms with Crippen molar-refractivity contribution >= 4 is 17.7 Å². The highest BCUT2D eigenvalue weighted by Crippen LogP contribution is 2.32. The Morgan fingerprint density at radius 3 is 2.00 bits per heavy atom. The third kappa shape index (κ3) is 5.02. The molecule has 2 fully saturated rings. The van der Waals surface area contributed by atoms with Crippen molar-refractivity contribution in [3.63, 3.8) is 0 Å². The number of carbonyl (C=O) groups is 3. The molecule has 0 aromatic heterocycles. The summed E-state index contributed by atoms with van der Waals surface area (Å²) >= 11 is 0. The molecule has 0 aliphatic carbocycles. The van der Waals surface area contributed by atoms with Gasteiger partial charge < -0.3 is 14.7 Å². The number of benzene rings is 2. The molecule has 33 heavy (non-hydrogen) atoms. The van der Waals surface area contributed by atoms with Crippen molar-refractivity contribution in [3.8, 4) is 0 Å². The van der Waals surface area contributed by atoms with Gasteiger partial charge in [0.05, 0.1) is 11.1 Å². The Morgan fingerprint density at radius 1 is 0.818 bits per heavy atom. The number of nitrogens with zero attached hydrogens (tertiary/aromatic N) is 3. The second kappa shape index (κ2) is 9.25. The Morgan fingerprint density at radius 2 is 1.42 bits per heavy atom. The van der Waals surface area contributed by atoms with Crippen molar-refractivity contribution in [2.45, 2.75) is 25.6 Å². The normalized spacial score (nSPS) is 16.9. The molecule has 0 unspecified atom stereocenters. The summed E-state index contributed by atoms with van der Waals surface area (Å²) < 4.78 is 39.7. The van der Waals surface area contributed by atoms with Crippen molar-refractivity contribution < 1.29 is 27.6 Å². The molecule has 3 amide bonds. The van der Waals surface area contributed by atoms with E-state index in [2.05, 4.69) is 0 Å². The molecule has 0 radical (unpaired) electrons. The molecule has 9 heteroatoms. The smallest absolute Gasteiger partial charge is 0.338 e. The summed E-state index contributed by atoms with van der Waals surface area (Å²) in [5.41, 5.74) is 0.107. The topological polar surface area (TPSA) is 60.9 Å². The van der Waals surface area contributed by atoms with Gasteiger partial charge in [0.1, 0.15) is 0 Å². The molecule has 2 aliphatic heterocycles. The number of hydrogen-bond donors (Lipinski definition) is 0. The fourth-order valence-corrected chi connectivity index (χ4v) is 4.23. The van der Waals surface area contributed by atoms with Crippen LogP contribution in [-0.4, -0.2) is 65.1 Å². The van der Waals surface area contributed by atoms with Crippen LogP contribution in [0.15, 0.2) is 48.5 Å². The van der Waals surface area contributed by atoms with Crippen LogP contribution in [0.5, 0.6) is 0 Å². The Bertz CT molecular complexity index is 1040. The van der Waals surface area contributed by atoms with Crippen LogP contribution in [0.2, 0.25) is 0 Å². The summed E-state index contributed by atoms with van der Waals surface area (Å²) in [6, 6.07) is 11.8. The predicted molar refractivity (Wildman–Crippen MR) is 114 cm³/mol. The quantitative estimate of drug-likeness (QED) is 0.704. The van der Waals surface area contributed by atoms with Gasteiger partial charge in [0.15, 0.2) is 0 Å². The fraction of sp³-hybridized carbons (Fsp3) is 0.375. The highest BCUT2D eigenvalue weighted by molar-refractivity contribution is 5.97. The minimum absolute atomic E-state index is 0.139. The molecule has 2 heterocycles. The lowest BCUT2D eigenvalue weighted by atomic mass is 10.1. The molecule has 2 aliphatic rings. The van der Waals surface area contributed by atoms with Crippen LogP contribution in [0.4, 0.5) is 13.2 Å². The van der Waals surface area contributed by atoms with Crippen LogP contribution in [0, 0.1) is 0 Å². The maximum absolute atomic E-state index is 13.2. The number of carbonyl (C=O) groups excluding carboxylic acids is 3. The van der Waals surface area contributed by atoms with Gasteiger partial charge in [-0.1, -0.05) is 24.3 Å². The largest absolute Gasteiger partial charge is 0.417 e. The van der Waals surface area contributed by atoms with Gasteiger partial charge in [-0.25, -0.2) is 0 Å². The molecule has 6 nitrogen and oxygen atoms in total. The molecule has 0 saturated carbocycles. The molecule has 0 N–H and O–H groups in total. The predicted octanol–water partition coefficient (Wildman–Crippen LogP) is 3.43. The van der Waals surface area contributed by atoms with Gasteiger partial charge in [0.25, 0.3) is 11.8 Å². The summed E-state index contributed by atoms with van der Waals surface area (Å²) in [6.45, 7) is 2.06. The Kier molecular flexibility index (Phi) is 6.40. The second-order valence-corrected chi connectivity index (χ2v) is 8.24. The van der Waals surface area contributed by atoms with Crippen molar-refractivity contribution in [1.82, 2.24) is 14.7 Å². The third-order valence-electron chi connectivity index (χ3n) is 6.06. The van der Waals surface area contributed by atoms with Gasteiger partial charge in [0.2, 0.25) is 5.91 Å². The molecule has 174 valence electrons. The van der Waals surface area contributed by atoms with E-state index in [1.54, 1.807) is 21.9 Å². The summed E-state index contributed by atoms with van der Waals surface area (Å²) in [7, 11) is 0. The van der Waals surface area contributed by atoms with Gasteiger partial charge in [-0.2, -0.15) is 13.2 Å². The van der Waals surface area contributed by atoms with Gasteiger partial charge >= 0.3 is 6.18 Å². The molecular formula is C24H24F3N3O3. The zero-order chi connectivity index (χ0) is 23.6. The number of rotatable bonds is 4. The average Bonchev–Trinajstić information content (AvgIpc) is 3.22. The first-order chi connectivity index (χ1) is 15.7. The van der Waals surface area contributed by atoms with E-state index in [4.69, 9.17) is 0 Å². The van der Waals surface area contributed by atoms with Crippen LogP contribution in [0.1, 0.15) is 44.7 Å². The third-order valence-corrected chi connectivity index (χ3v) is 6.06. The van der Waals surface area contributed by atoms with E-state index in [1.165, 1.54) is 23.1 Å². The lowest BCUT2D eigenvalue weighted by Gasteiger charge is -2.35. The molecular weight excluding hydrogens is 435 g/mol. The zero-order valence-corrected chi connectivity index (χ0v) is 18.0. The maximum atomic E-state index is 13.2. The number of halogens is 3. The fourth-order valence-electron chi connectivity index (χ4n) is 4.23. The Labute approximate surface area is 189 Å². The van der Waals surface area contributed by atoms with E-state index in [0.717, 1.165) is 24.6 Å². The van der Waals surface area contributed by atoms with Crippen molar-refractivity contribution in [2.75, 3.05) is 32.7 Å². The Hall–Kier alpha value is -3.36. The van der Waals surface area contributed by atoms with Gasteiger partial charge in [0, 0.05) is 51.3 Å². The number of amides is 3. The first kappa shape index (κ1) is 22.8. The molecule has 4 rings (SSSR count). The zero-order valence-electron chi connectivity index (χ0n) is 18.0. The number of likely N-dealkylation sites (tertiary alicyclic amines) is 1. The van der Waals surface area contributed by atoms with Gasteiger partial charge in [-0.15, -0.1) is 0 Å². The summed E-state index contributed by atoms with van der Waals surface area (Å²) in [4.78, 5) is 42.1. The van der Waals surface area contributed by atoms with E-state index in [0.29, 0.717) is 18.5 Å². The van der Waals surface area contributed by atoms with E-state index < -0.39 is 17.6 Å². The average molecular weight is 459 g/mol. The molecule has 2 aromatic rings. The minimum atomic E-state index is -4.61. The summed E-state index contributed by atoms with van der Waals surface area (Å²) in [5, 5.41) is 0. The van der Waals surface area contributed by atoms with Crippen molar-refractivity contribution in [1.29, 1.82) is 0 Å². The van der Waals surface area contributed by atoms with Crippen LogP contribution >= 0.6 is 0 Å². The lowest BCUT2D eigenvalue weighted by molar-refractivity contribution is -0.138. The molecule has 2 saturated heterocycles. The van der Waals surface area contributed by atoms with E-state index >= 15 is 0 Å². The van der Waals surface area contributed by atoms with E-state index in [9.17, 15) is 27.6 Å². The number of piperazine rings is 1. The first-order valence-corrected chi connectivity index (χ1v) is 10.9. The molecule has 0 atom stereocenters. The van der Waals surface area contributed by atoms with Gasteiger partial charge in [-0.05, 0) is 36.2 Å². The van der Waals surface area contributed by atoms with Crippen LogP contribution in [0.25, 0.3) is 0 Å². The first-order valence-electron chi connectivity index (χ1n) is 10.9. The SMILES string of the molecule is O=C1CCCN1Cc1ccc(C(=O)N2CCN(C(=O)c3ccccc3C(F)(F)F)CC2)cc1. The second-order valence-electron chi connectivity index (χ2n) is 8.24.